The summed E-state index contributed by atoms with van der Waals surface area (Å²) in [7, 11) is 1.62. The first-order valence-corrected chi connectivity index (χ1v) is 7.09. The molecule has 1 saturated carbocycles. The van der Waals surface area contributed by atoms with Gasteiger partial charge in [0, 0.05) is 17.0 Å². The Balaban J connectivity index is 2.28. The fourth-order valence-corrected chi connectivity index (χ4v) is 2.72. The van der Waals surface area contributed by atoms with E-state index in [-0.39, 0.29) is 6.10 Å². The van der Waals surface area contributed by atoms with Crippen LogP contribution in [-0.2, 0) is 11.2 Å². The minimum absolute atomic E-state index is 0.238. The maximum Gasteiger partial charge on any atom is 0.166 e. The zero-order valence-electron chi connectivity index (χ0n) is 11.2. The Morgan fingerprint density at radius 3 is 2.74 bits per heavy atom. The highest BCUT2D eigenvalue weighted by atomic mass is 35.5. The Morgan fingerprint density at radius 1 is 1.37 bits per heavy atom. The molecule has 0 aliphatic heterocycles. The van der Waals surface area contributed by atoms with E-state index >= 15 is 0 Å². The molecule has 1 aromatic rings. The highest BCUT2D eigenvalue weighted by Crippen LogP contribution is 2.39. The summed E-state index contributed by atoms with van der Waals surface area (Å²) in [5.74, 6) is 1.40. The molecule has 1 aliphatic carbocycles. The number of benzene rings is 1. The van der Waals surface area contributed by atoms with E-state index in [0.717, 1.165) is 24.7 Å². The molecule has 1 aromatic carbocycles. The van der Waals surface area contributed by atoms with Gasteiger partial charge in [-0.3, -0.25) is 0 Å². The molecule has 0 heterocycles. The van der Waals surface area contributed by atoms with E-state index < -0.39 is 0 Å². The van der Waals surface area contributed by atoms with Crippen molar-refractivity contribution in [1.29, 1.82) is 0 Å². The first-order chi connectivity index (χ1) is 9.26. The molecule has 0 bridgehead atoms. The van der Waals surface area contributed by atoms with Gasteiger partial charge in [-0.25, -0.2) is 0 Å². The van der Waals surface area contributed by atoms with E-state index in [1.807, 2.05) is 6.07 Å². The number of hydrogen-bond donors (Lipinski definition) is 0. The summed E-state index contributed by atoms with van der Waals surface area (Å²) in [5.41, 5.74) is 0.875. The normalized spacial score (nSPS) is 15.5. The zero-order valence-corrected chi connectivity index (χ0v) is 11.9. The number of ether oxygens (including phenoxy) is 2. The number of methoxy groups -OCH3 is 1. The van der Waals surface area contributed by atoms with Crippen molar-refractivity contribution in [2.75, 3.05) is 7.11 Å². The molecule has 1 aliphatic rings. The second kappa shape index (κ2) is 6.80. The van der Waals surface area contributed by atoms with E-state index in [4.69, 9.17) is 21.1 Å². The molecule has 0 atom stereocenters. The third-order valence-electron chi connectivity index (χ3n) is 3.49. The third-order valence-corrected chi connectivity index (χ3v) is 3.84. The Kier molecular flexibility index (Phi) is 5.08. The van der Waals surface area contributed by atoms with E-state index in [1.165, 1.54) is 12.8 Å². The summed E-state index contributed by atoms with van der Waals surface area (Å²) in [4.78, 5) is 10.6. The average molecular weight is 283 g/mol. The largest absolute Gasteiger partial charge is 0.493 e. The topological polar surface area (TPSA) is 35.5 Å². The highest BCUT2D eigenvalue weighted by molar-refractivity contribution is 6.31. The SMILES string of the molecule is COc1ccc(Cl)c(CCC=O)c1OC1CCCC1. The van der Waals surface area contributed by atoms with Gasteiger partial charge in [-0.15, -0.1) is 0 Å². The van der Waals surface area contributed by atoms with E-state index in [0.29, 0.717) is 29.4 Å². The summed E-state index contributed by atoms with van der Waals surface area (Å²) in [6.07, 6.45) is 6.72. The van der Waals surface area contributed by atoms with Crippen molar-refractivity contribution in [2.24, 2.45) is 0 Å². The molecule has 19 heavy (non-hydrogen) atoms. The second-order valence-corrected chi connectivity index (χ2v) is 5.19. The minimum atomic E-state index is 0.238. The summed E-state index contributed by atoms with van der Waals surface area (Å²) >= 11 is 6.23. The maximum absolute atomic E-state index is 10.6. The molecule has 1 fully saturated rings. The van der Waals surface area contributed by atoms with Crippen LogP contribution in [0.2, 0.25) is 5.02 Å². The molecule has 4 heteroatoms. The summed E-state index contributed by atoms with van der Waals surface area (Å²) < 4.78 is 11.4. The van der Waals surface area contributed by atoms with Crippen LogP contribution >= 0.6 is 11.6 Å². The number of rotatable bonds is 6. The molecule has 0 saturated heterocycles. The molecule has 2 rings (SSSR count). The van der Waals surface area contributed by atoms with Gasteiger partial charge in [0.1, 0.15) is 6.29 Å². The Bertz CT molecular complexity index is 439. The number of halogens is 1. The van der Waals surface area contributed by atoms with Gasteiger partial charge in [0.25, 0.3) is 0 Å². The monoisotopic (exact) mass is 282 g/mol. The van der Waals surface area contributed by atoms with Gasteiger partial charge in [0.05, 0.1) is 13.2 Å². The van der Waals surface area contributed by atoms with Gasteiger partial charge in [-0.1, -0.05) is 11.6 Å². The molecule has 3 nitrogen and oxygen atoms in total. The quantitative estimate of drug-likeness (QED) is 0.745. The lowest BCUT2D eigenvalue weighted by Crippen LogP contribution is -2.13. The average Bonchev–Trinajstić information content (AvgIpc) is 2.91. The lowest BCUT2D eigenvalue weighted by Gasteiger charge is -2.19. The van der Waals surface area contributed by atoms with Gasteiger partial charge < -0.3 is 14.3 Å². The summed E-state index contributed by atoms with van der Waals surface area (Å²) in [5, 5.41) is 0.635. The van der Waals surface area contributed by atoms with Crippen LogP contribution in [0.3, 0.4) is 0 Å². The molecule has 0 N–H and O–H groups in total. The molecule has 0 amide bonds. The van der Waals surface area contributed by atoms with Crippen molar-refractivity contribution in [3.8, 4) is 11.5 Å². The summed E-state index contributed by atoms with van der Waals surface area (Å²) in [6, 6.07) is 3.61. The van der Waals surface area contributed by atoms with E-state index in [9.17, 15) is 4.79 Å². The maximum atomic E-state index is 10.6. The number of carbonyl (C=O) groups is 1. The lowest BCUT2D eigenvalue weighted by molar-refractivity contribution is -0.107. The Morgan fingerprint density at radius 2 is 2.11 bits per heavy atom. The van der Waals surface area contributed by atoms with Gasteiger partial charge in [0.2, 0.25) is 0 Å². The molecule has 0 radical (unpaired) electrons. The van der Waals surface area contributed by atoms with Crippen molar-refractivity contribution in [3.05, 3.63) is 22.7 Å². The molecule has 0 aromatic heterocycles. The number of aldehydes is 1. The Hall–Kier alpha value is -1.22. The van der Waals surface area contributed by atoms with Crippen LogP contribution in [0.1, 0.15) is 37.7 Å². The van der Waals surface area contributed by atoms with Crippen molar-refractivity contribution < 1.29 is 14.3 Å². The van der Waals surface area contributed by atoms with Crippen LogP contribution in [0.15, 0.2) is 12.1 Å². The van der Waals surface area contributed by atoms with Crippen LogP contribution in [0.5, 0.6) is 11.5 Å². The minimum Gasteiger partial charge on any atom is -0.493 e. The van der Waals surface area contributed by atoms with Crippen LogP contribution in [-0.4, -0.2) is 19.5 Å². The van der Waals surface area contributed by atoms with Gasteiger partial charge >= 0.3 is 0 Å². The lowest BCUT2D eigenvalue weighted by atomic mass is 10.1. The van der Waals surface area contributed by atoms with Crippen LogP contribution in [0.4, 0.5) is 0 Å². The molecule has 0 unspecified atom stereocenters. The molecule has 104 valence electrons. The first kappa shape index (κ1) is 14.2. The third kappa shape index (κ3) is 3.41. The highest BCUT2D eigenvalue weighted by Gasteiger charge is 2.21. The predicted octanol–water partition coefficient (Wildman–Crippen LogP) is 3.80. The van der Waals surface area contributed by atoms with Crippen molar-refractivity contribution in [2.45, 2.75) is 44.6 Å². The number of hydrogen-bond acceptors (Lipinski definition) is 3. The second-order valence-electron chi connectivity index (χ2n) is 4.79. The fourth-order valence-electron chi connectivity index (χ4n) is 2.48. The smallest absolute Gasteiger partial charge is 0.166 e. The summed E-state index contributed by atoms with van der Waals surface area (Å²) in [6.45, 7) is 0. The van der Waals surface area contributed by atoms with E-state index in [2.05, 4.69) is 0 Å². The fraction of sp³-hybridized carbons (Fsp3) is 0.533. The molecule has 0 spiro atoms. The standard InChI is InChI=1S/C15H19ClO3/c1-18-14-9-8-13(16)12(7-4-10-17)15(14)19-11-5-2-3-6-11/h8-11H,2-7H2,1H3. The van der Waals surface area contributed by atoms with Gasteiger partial charge in [-0.05, 0) is 44.2 Å². The van der Waals surface area contributed by atoms with E-state index in [1.54, 1.807) is 13.2 Å². The Labute approximate surface area is 118 Å². The molecular weight excluding hydrogens is 264 g/mol. The van der Waals surface area contributed by atoms with Gasteiger partial charge in [0.15, 0.2) is 11.5 Å². The van der Waals surface area contributed by atoms with Crippen LogP contribution in [0, 0.1) is 0 Å². The number of carbonyl (C=O) groups excluding carboxylic acids is 1. The van der Waals surface area contributed by atoms with Crippen molar-refractivity contribution in [1.82, 2.24) is 0 Å². The van der Waals surface area contributed by atoms with Crippen LogP contribution < -0.4 is 9.47 Å². The zero-order chi connectivity index (χ0) is 13.7. The predicted molar refractivity (Wildman–Crippen MR) is 75.3 cm³/mol. The van der Waals surface area contributed by atoms with Crippen LogP contribution in [0.25, 0.3) is 0 Å². The first-order valence-electron chi connectivity index (χ1n) is 6.72. The van der Waals surface area contributed by atoms with Gasteiger partial charge in [-0.2, -0.15) is 0 Å². The molecular formula is C15H19ClO3. The van der Waals surface area contributed by atoms with Crippen molar-refractivity contribution >= 4 is 17.9 Å². The van der Waals surface area contributed by atoms with Crippen molar-refractivity contribution in [3.63, 3.8) is 0 Å².